The Labute approximate surface area is 81.1 Å². The maximum atomic E-state index is 9.15. The molecule has 1 heterocycles. The van der Waals surface area contributed by atoms with Gasteiger partial charge < -0.3 is 15.3 Å². The van der Waals surface area contributed by atoms with Gasteiger partial charge in [0.15, 0.2) is 0 Å². The highest BCUT2D eigenvalue weighted by atomic mass is 16.3. The van der Waals surface area contributed by atoms with Crippen LogP contribution in [0.2, 0.25) is 0 Å². The monoisotopic (exact) mass is 186 g/mol. The van der Waals surface area contributed by atoms with Crippen LogP contribution in [0.3, 0.4) is 0 Å². The first kappa shape index (κ1) is 11.0. The second-order valence-electron chi connectivity index (χ2n) is 3.89. The van der Waals surface area contributed by atoms with Gasteiger partial charge in [-0.2, -0.15) is 0 Å². The number of nitrogens with one attached hydrogen (secondary N) is 1. The number of hydrogen-bond donors (Lipinski definition) is 2. The summed E-state index contributed by atoms with van der Waals surface area (Å²) in [5, 5.41) is 12.5. The molecule has 1 aliphatic heterocycles. The highest BCUT2D eigenvalue weighted by molar-refractivity contribution is 4.71. The molecule has 0 aromatic rings. The van der Waals surface area contributed by atoms with Crippen LogP contribution in [0.25, 0.3) is 0 Å². The van der Waals surface area contributed by atoms with E-state index in [9.17, 15) is 0 Å². The quantitative estimate of drug-likeness (QED) is 0.648. The van der Waals surface area contributed by atoms with Gasteiger partial charge in [-0.3, -0.25) is 0 Å². The van der Waals surface area contributed by atoms with Crippen LogP contribution in [-0.2, 0) is 0 Å². The van der Waals surface area contributed by atoms with E-state index in [1.165, 1.54) is 6.42 Å². The molecule has 13 heavy (non-hydrogen) atoms. The van der Waals surface area contributed by atoms with Gasteiger partial charge in [-0.05, 0) is 12.3 Å². The molecule has 1 unspecified atom stereocenters. The average molecular weight is 186 g/mol. The van der Waals surface area contributed by atoms with Crippen molar-refractivity contribution in [2.45, 2.75) is 19.8 Å². The van der Waals surface area contributed by atoms with Gasteiger partial charge in [-0.1, -0.05) is 13.3 Å². The molecule has 0 radical (unpaired) electrons. The summed E-state index contributed by atoms with van der Waals surface area (Å²) in [7, 11) is 0. The SMILES string of the molecule is CCCC(CO)CN1CCNCC1. The highest BCUT2D eigenvalue weighted by Crippen LogP contribution is 2.08. The van der Waals surface area contributed by atoms with Crippen LogP contribution in [0.1, 0.15) is 19.8 Å². The molecule has 1 atom stereocenters. The molecule has 0 bridgehead atoms. The first-order valence-corrected chi connectivity index (χ1v) is 5.40. The third-order valence-electron chi connectivity index (χ3n) is 2.68. The lowest BCUT2D eigenvalue weighted by atomic mass is 10.0. The Morgan fingerprint density at radius 2 is 2.08 bits per heavy atom. The van der Waals surface area contributed by atoms with Crippen LogP contribution in [0.4, 0.5) is 0 Å². The van der Waals surface area contributed by atoms with E-state index >= 15 is 0 Å². The molecule has 0 spiro atoms. The van der Waals surface area contributed by atoms with Crippen molar-refractivity contribution >= 4 is 0 Å². The van der Waals surface area contributed by atoms with E-state index in [-0.39, 0.29) is 0 Å². The zero-order valence-electron chi connectivity index (χ0n) is 8.63. The van der Waals surface area contributed by atoms with Crippen molar-refractivity contribution in [3.8, 4) is 0 Å². The van der Waals surface area contributed by atoms with Gasteiger partial charge in [0.05, 0.1) is 0 Å². The Balaban J connectivity index is 2.18. The van der Waals surface area contributed by atoms with Crippen molar-refractivity contribution in [1.82, 2.24) is 10.2 Å². The lowest BCUT2D eigenvalue weighted by Crippen LogP contribution is -2.45. The fourth-order valence-corrected chi connectivity index (χ4v) is 1.91. The standard InChI is InChI=1S/C10H22N2O/c1-2-3-10(9-13)8-12-6-4-11-5-7-12/h10-11,13H,2-9H2,1H3. The third kappa shape index (κ3) is 4.07. The van der Waals surface area contributed by atoms with E-state index in [1.54, 1.807) is 0 Å². The minimum atomic E-state index is 0.345. The van der Waals surface area contributed by atoms with Gasteiger partial charge in [-0.15, -0.1) is 0 Å². The predicted molar refractivity (Wildman–Crippen MR) is 54.8 cm³/mol. The molecule has 3 heteroatoms. The molecule has 1 saturated heterocycles. The van der Waals surface area contributed by atoms with Gasteiger partial charge in [0.1, 0.15) is 0 Å². The first-order valence-electron chi connectivity index (χ1n) is 5.40. The normalized spacial score (nSPS) is 21.7. The van der Waals surface area contributed by atoms with Crippen molar-refractivity contribution in [3.05, 3.63) is 0 Å². The Morgan fingerprint density at radius 3 is 2.62 bits per heavy atom. The van der Waals surface area contributed by atoms with E-state index in [2.05, 4.69) is 17.1 Å². The minimum Gasteiger partial charge on any atom is -0.396 e. The molecular formula is C10H22N2O. The Kier molecular flexibility index (Phi) is 5.35. The van der Waals surface area contributed by atoms with E-state index < -0.39 is 0 Å². The molecule has 0 amide bonds. The Bertz CT molecular complexity index is 121. The van der Waals surface area contributed by atoms with Gasteiger partial charge in [-0.25, -0.2) is 0 Å². The van der Waals surface area contributed by atoms with E-state index in [0.717, 1.165) is 39.1 Å². The van der Waals surface area contributed by atoms with E-state index in [4.69, 9.17) is 5.11 Å². The molecule has 1 rings (SSSR count). The largest absolute Gasteiger partial charge is 0.396 e. The summed E-state index contributed by atoms with van der Waals surface area (Å²) in [6.07, 6.45) is 2.33. The molecular weight excluding hydrogens is 164 g/mol. The smallest absolute Gasteiger partial charge is 0.0471 e. The van der Waals surface area contributed by atoms with Crippen molar-refractivity contribution in [2.24, 2.45) is 5.92 Å². The van der Waals surface area contributed by atoms with Crippen molar-refractivity contribution in [3.63, 3.8) is 0 Å². The van der Waals surface area contributed by atoms with Gasteiger partial charge in [0, 0.05) is 39.3 Å². The molecule has 0 aliphatic carbocycles. The average Bonchev–Trinajstić information content (AvgIpc) is 2.19. The van der Waals surface area contributed by atoms with Gasteiger partial charge >= 0.3 is 0 Å². The van der Waals surface area contributed by atoms with Gasteiger partial charge in [0.2, 0.25) is 0 Å². The fraction of sp³-hybridized carbons (Fsp3) is 1.00. The maximum Gasteiger partial charge on any atom is 0.0471 e. The highest BCUT2D eigenvalue weighted by Gasteiger charge is 2.14. The molecule has 1 aliphatic rings. The zero-order valence-corrected chi connectivity index (χ0v) is 8.63. The van der Waals surface area contributed by atoms with Crippen LogP contribution in [0, 0.1) is 5.92 Å². The lowest BCUT2D eigenvalue weighted by Gasteiger charge is -2.30. The van der Waals surface area contributed by atoms with Crippen LogP contribution in [0.15, 0.2) is 0 Å². The van der Waals surface area contributed by atoms with Crippen LogP contribution < -0.4 is 5.32 Å². The summed E-state index contributed by atoms with van der Waals surface area (Å²) in [5.74, 6) is 0.489. The molecule has 1 fully saturated rings. The van der Waals surface area contributed by atoms with Crippen LogP contribution in [-0.4, -0.2) is 49.3 Å². The van der Waals surface area contributed by atoms with Crippen molar-refractivity contribution in [2.75, 3.05) is 39.3 Å². The summed E-state index contributed by atoms with van der Waals surface area (Å²) in [6.45, 7) is 8.08. The topological polar surface area (TPSA) is 35.5 Å². The number of piperazine rings is 1. The van der Waals surface area contributed by atoms with E-state index in [0.29, 0.717) is 12.5 Å². The lowest BCUT2D eigenvalue weighted by molar-refractivity contribution is 0.146. The second kappa shape index (κ2) is 6.35. The summed E-state index contributed by atoms with van der Waals surface area (Å²) >= 11 is 0. The summed E-state index contributed by atoms with van der Waals surface area (Å²) in [6, 6.07) is 0. The number of aliphatic hydroxyl groups is 1. The van der Waals surface area contributed by atoms with Crippen LogP contribution >= 0.6 is 0 Å². The number of hydrogen-bond acceptors (Lipinski definition) is 3. The minimum absolute atomic E-state index is 0.345. The van der Waals surface area contributed by atoms with Crippen LogP contribution in [0.5, 0.6) is 0 Å². The summed E-state index contributed by atoms with van der Waals surface area (Å²) in [5.41, 5.74) is 0. The summed E-state index contributed by atoms with van der Waals surface area (Å²) < 4.78 is 0. The number of nitrogens with zero attached hydrogens (tertiary/aromatic N) is 1. The first-order chi connectivity index (χ1) is 6.36. The molecule has 2 N–H and O–H groups in total. The Morgan fingerprint density at radius 1 is 1.38 bits per heavy atom. The molecule has 78 valence electrons. The number of rotatable bonds is 5. The maximum absolute atomic E-state index is 9.15. The molecule has 0 aromatic carbocycles. The molecule has 0 saturated carbocycles. The van der Waals surface area contributed by atoms with Crippen molar-refractivity contribution in [1.29, 1.82) is 0 Å². The fourth-order valence-electron chi connectivity index (χ4n) is 1.91. The second-order valence-corrected chi connectivity index (χ2v) is 3.89. The predicted octanol–water partition coefficient (Wildman–Crippen LogP) is 0.300. The number of aliphatic hydroxyl groups excluding tert-OH is 1. The van der Waals surface area contributed by atoms with Crippen molar-refractivity contribution < 1.29 is 5.11 Å². The molecule has 3 nitrogen and oxygen atoms in total. The Hall–Kier alpha value is -0.120. The van der Waals surface area contributed by atoms with Gasteiger partial charge in [0.25, 0.3) is 0 Å². The third-order valence-corrected chi connectivity index (χ3v) is 2.68. The summed E-state index contributed by atoms with van der Waals surface area (Å²) in [4.78, 5) is 2.45. The van der Waals surface area contributed by atoms with E-state index in [1.807, 2.05) is 0 Å². The molecule has 0 aromatic heterocycles. The zero-order chi connectivity index (χ0) is 9.52.